The number of nitrogens with zero attached hydrogens (tertiary/aromatic N) is 2. The molecule has 0 radical (unpaired) electrons. The SMILES string of the molecule is C.CC.CC.CC(C)N1CC2CN(C(C)C)CC2C1. The number of hydrogen-bond acceptors (Lipinski definition) is 2. The number of hydrogen-bond donors (Lipinski definition) is 0. The zero-order valence-corrected chi connectivity index (χ0v) is 14.0. The zero-order chi connectivity index (χ0) is 14.3. The molecule has 2 heteroatoms. The maximum Gasteiger partial charge on any atom is 0.00388 e. The molecule has 0 saturated carbocycles. The molecular weight excluding hydrogens is 232 g/mol. The predicted octanol–water partition coefficient (Wildman–Crippen LogP) is 4.36. The fourth-order valence-corrected chi connectivity index (χ4v) is 2.91. The minimum absolute atomic E-state index is 0. The standard InChI is InChI=1S/C12H24N2.2C2H6.CH4/c1-9(2)13-5-11-7-14(10(3)4)8-12(11)6-13;2*1-2;/h9-12H,5-8H2,1-4H3;2*1-2H3;1H4. The molecule has 0 atom stereocenters. The van der Waals surface area contributed by atoms with Gasteiger partial charge in [0.15, 0.2) is 0 Å². The van der Waals surface area contributed by atoms with Crippen molar-refractivity contribution in [2.24, 2.45) is 11.8 Å². The van der Waals surface area contributed by atoms with Gasteiger partial charge in [-0.1, -0.05) is 35.1 Å². The minimum Gasteiger partial charge on any atom is -0.300 e. The summed E-state index contributed by atoms with van der Waals surface area (Å²) in [5, 5.41) is 0. The first-order valence-corrected chi connectivity index (χ1v) is 8.06. The third kappa shape index (κ3) is 5.83. The smallest absolute Gasteiger partial charge is 0.00388 e. The van der Waals surface area contributed by atoms with Gasteiger partial charge in [-0.15, -0.1) is 0 Å². The lowest BCUT2D eigenvalue weighted by atomic mass is 10.0. The molecule has 2 aliphatic heterocycles. The molecule has 2 heterocycles. The van der Waals surface area contributed by atoms with Crippen LogP contribution in [0.3, 0.4) is 0 Å². The highest BCUT2D eigenvalue weighted by Crippen LogP contribution is 2.32. The highest BCUT2D eigenvalue weighted by atomic mass is 15.3. The van der Waals surface area contributed by atoms with E-state index in [9.17, 15) is 0 Å². The summed E-state index contributed by atoms with van der Waals surface area (Å²) >= 11 is 0. The second-order valence-electron chi connectivity index (χ2n) is 5.62. The average molecular weight is 273 g/mol. The van der Waals surface area contributed by atoms with E-state index in [1.165, 1.54) is 26.2 Å². The van der Waals surface area contributed by atoms with E-state index < -0.39 is 0 Å². The Kier molecular flexibility index (Phi) is 11.9. The first kappa shape index (κ1) is 21.2. The van der Waals surface area contributed by atoms with Crippen LogP contribution in [0.4, 0.5) is 0 Å². The second kappa shape index (κ2) is 10.7. The van der Waals surface area contributed by atoms with E-state index in [2.05, 4.69) is 37.5 Å². The first-order chi connectivity index (χ1) is 8.58. The van der Waals surface area contributed by atoms with Crippen LogP contribution in [-0.2, 0) is 0 Å². The van der Waals surface area contributed by atoms with Gasteiger partial charge < -0.3 is 9.80 Å². The van der Waals surface area contributed by atoms with E-state index in [1.807, 2.05) is 27.7 Å². The van der Waals surface area contributed by atoms with E-state index in [0.717, 1.165) is 23.9 Å². The molecule has 0 aromatic rings. The molecule has 0 spiro atoms. The van der Waals surface area contributed by atoms with Crippen molar-refractivity contribution in [2.45, 2.75) is 74.9 Å². The van der Waals surface area contributed by atoms with Crippen LogP contribution in [0.1, 0.15) is 62.8 Å². The van der Waals surface area contributed by atoms with E-state index in [4.69, 9.17) is 0 Å². The van der Waals surface area contributed by atoms with Gasteiger partial charge in [0.2, 0.25) is 0 Å². The fourth-order valence-electron chi connectivity index (χ4n) is 2.91. The normalized spacial score (nSPS) is 26.2. The Morgan fingerprint density at radius 1 is 0.632 bits per heavy atom. The molecular formula is C17H40N2. The van der Waals surface area contributed by atoms with Crippen molar-refractivity contribution in [1.82, 2.24) is 9.80 Å². The highest BCUT2D eigenvalue weighted by molar-refractivity contribution is 4.94. The van der Waals surface area contributed by atoms with E-state index in [-0.39, 0.29) is 7.43 Å². The van der Waals surface area contributed by atoms with Gasteiger partial charge >= 0.3 is 0 Å². The van der Waals surface area contributed by atoms with Crippen molar-refractivity contribution in [3.05, 3.63) is 0 Å². The molecule has 0 amide bonds. The number of likely N-dealkylation sites (tertiary alicyclic amines) is 2. The molecule has 0 bridgehead atoms. The molecule has 0 aromatic carbocycles. The van der Waals surface area contributed by atoms with Crippen LogP contribution < -0.4 is 0 Å². The molecule has 0 N–H and O–H groups in total. The van der Waals surface area contributed by atoms with Crippen LogP contribution in [0.15, 0.2) is 0 Å². The molecule has 0 aromatic heterocycles. The van der Waals surface area contributed by atoms with Crippen LogP contribution in [0.2, 0.25) is 0 Å². The number of rotatable bonds is 2. The van der Waals surface area contributed by atoms with Crippen LogP contribution >= 0.6 is 0 Å². The van der Waals surface area contributed by atoms with Crippen LogP contribution in [0.5, 0.6) is 0 Å². The molecule has 2 nitrogen and oxygen atoms in total. The van der Waals surface area contributed by atoms with Gasteiger partial charge in [0.25, 0.3) is 0 Å². The van der Waals surface area contributed by atoms with E-state index >= 15 is 0 Å². The highest BCUT2D eigenvalue weighted by Gasteiger charge is 2.40. The molecule has 2 aliphatic rings. The third-order valence-corrected chi connectivity index (χ3v) is 4.00. The van der Waals surface area contributed by atoms with Crippen LogP contribution in [-0.4, -0.2) is 48.1 Å². The molecule has 2 fully saturated rings. The number of fused-ring (bicyclic) bond motifs is 1. The lowest BCUT2D eigenvalue weighted by Crippen LogP contribution is -2.35. The van der Waals surface area contributed by atoms with Gasteiger partial charge in [0.05, 0.1) is 0 Å². The van der Waals surface area contributed by atoms with Gasteiger partial charge in [-0.2, -0.15) is 0 Å². The topological polar surface area (TPSA) is 6.48 Å². The Bertz CT molecular complexity index is 167. The minimum atomic E-state index is 0. The third-order valence-electron chi connectivity index (χ3n) is 4.00. The maximum atomic E-state index is 2.65. The molecule has 19 heavy (non-hydrogen) atoms. The first-order valence-electron chi connectivity index (χ1n) is 8.06. The molecule has 0 aliphatic carbocycles. The van der Waals surface area contributed by atoms with Crippen molar-refractivity contribution < 1.29 is 0 Å². The molecule has 2 saturated heterocycles. The van der Waals surface area contributed by atoms with Crippen LogP contribution in [0, 0.1) is 11.8 Å². The van der Waals surface area contributed by atoms with Crippen molar-refractivity contribution >= 4 is 0 Å². The molecule has 118 valence electrons. The predicted molar refractivity (Wildman–Crippen MR) is 89.8 cm³/mol. The van der Waals surface area contributed by atoms with Gasteiger partial charge in [0.1, 0.15) is 0 Å². The Morgan fingerprint density at radius 3 is 1.00 bits per heavy atom. The second-order valence-corrected chi connectivity index (χ2v) is 5.62. The molecule has 0 unspecified atom stereocenters. The van der Waals surface area contributed by atoms with Crippen LogP contribution in [0.25, 0.3) is 0 Å². The summed E-state index contributed by atoms with van der Waals surface area (Å²) in [6.45, 7) is 22.6. The Morgan fingerprint density at radius 2 is 0.842 bits per heavy atom. The summed E-state index contributed by atoms with van der Waals surface area (Å²) in [7, 11) is 0. The fraction of sp³-hybridized carbons (Fsp3) is 1.00. The summed E-state index contributed by atoms with van der Waals surface area (Å²) in [5.41, 5.74) is 0. The van der Waals surface area contributed by atoms with E-state index in [0.29, 0.717) is 0 Å². The van der Waals surface area contributed by atoms with Crippen molar-refractivity contribution in [2.75, 3.05) is 26.2 Å². The van der Waals surface area contributed by atoms with Crippen molar-refractivity contribution in [1.29, 1.82) is 0 Å². The Hall–Kier alpha value is -0.0800. The summed E-state index contributed by atoms with van der Waals surface area (Å²) < 4.78 is 0. The van der Waals surface area contributed by atoms with Gasteiger partial charge in [0, 0.05) is 38.3 Å². The summed E-state index contributed by atoms with van der Waals surface area (Å²) in [5.74, 6) is 1.92. The maximum absolute atomic E-state index is 2.65. The monoisotopic (exact) mass is 272 g/mol. The average Bonchev–Trinajstić information content (AvgIpc) is 2.91. The summed E-state index contributed by atoms with van der Waals surface area (Å²) in [4.78, 5) is 5.29. The van der Waals surface area contributed by atoms with E-state index in [1.54, 1.807) is 0 Å². The zero-order valence-electron chi connectivity index (χ0n) is 14.0. The van der Waals surface area contributed by atoms with Gasteiger partial charge in [-0.25, -0.2) is 0 Å². The Balaban J connectivity index is 0. The summed E-state index contributed by atoms with van der Waals surface area (Å²) in [6.07, 6.45) is 0. The van der Waals surface area contributed by atoms with Gasteiger partial charge in [-0.3, -0.25) is 0 Å². The lowest BCUT2D eigenvalue weighted by Gasteiger charge is -2.26. The summed E-state index contributed by atoms with van der Waals surface area (Å²) in [6, 6.07) is 1.49. The van der Waals surface area contributed by atoms with Crippen molar-refractivity contribution in [3.8, 4) is 0 Å². The van der Waals surface area contributed by atoms with Gasteiger partial charge in [-0.05, 0) is 39.5 Å². The Labute approximate surface area is 123 Å². The lowest BCUT2D eigenvalue weighted by molar-refractivity contribution is 0.203. The largest absolute Gasteiger partial charge is 0.300 e. The quantitative estimate of drug-likeness (QED) is 0.737. The van der Waals surface area contributed by atoms with Crippen molar-refractivity contribution in [3.63, 3.8) is 0 Å². The molecule has 2 rings (SSSR count).